The summed E-state index contributed by atoms with van der Waals surface area (Å²) in [5, 5.41) is 5.98. The number of amides is 2. The van der Waals surface area contributed by atoms with Gasteiger partial charge in [-0.05, 0) is 36.7 Å². The molecule has 2 aromatic carbocycles. The summed E-state index contributed by atoms with van der Waals surface area (Å²) in [6.07, 6.45) is 0.873. The van der Waals surface area contributed by atoms with Gasteiger partial charge >= 0.3 is 0 Å². The number of nitrogens with zero attached hydrogens (tertiary/aromatic N) is 1. The molecule has 1 aliphatic rings. The summed E-state index contributed by atoms with van der Waals surface area (Å²) in [5.41, 5.74) is 2.44. The third kappa shape index (κ3) is 5.91. The highest BCUT2D eigenvalue weighted by Gasteiger charge is 2.18. The largest absolute Gasteiger partial charge is 0.378 e. The minimum atomic E-state index is -0.126. The average Bonchev–Trinajstić information content (AvgIpc) is 2.72. The lowest BCUT2D eigenvalue weighted by atomic mass is 10.1. The van der Waals surface area contributed by atoms with Crippen LogP contribution in [0.2, 0.25) is 0 Å². The van der Waals surface area contributed by atoms with Gasteiger partial charge in [0.2, 0.25) is 5.91 Å². The molecule has 142 valence electrons. The molecule has 0 aromatic heterocycles. The molecule has 0 bridgehead atoms. The molecule has 1 aliphatic heterocycles. The quantitative estimate of drug-likeness (QED) is 0.734. The molecular formula is C21H25N3O3. The van der Waals surface area contributed by atoms with Crippen molar-refractivity contribution < 1.29 is 14.3 Å². The van der Waals surface area contributed by atoms with E-state index < -0.39 is 0 Å². The second kappa shape index (κ2) is 9.85. The van der Waals surface area contributed by atoms with Crippen LogP contribution < -0.4 is 10.6 Å². The molecule has 27 heavy (non-hydrogen) atoms. The zero-order chi connectivity index (χ0) is 18.9. The van der Waals surface area contributed by atoms with Gasteiger partial charge in [-0.1, -0.05) is 36.4 Å². The number of carbonyl (C=O) groups is 2. The van der Waals surface area contributed by atoms with E-state index in [-0.39, 0.29) is 18.4 Å². The Bertz CT molecular complexity index is 758. The molecule has 2 N–H and O–H groups in total. The fourth-order valence-electron chi connectivity index (χ4n) is 2.96. The monoisotopic (exact) mass is 367 g/mol. The number of morpholine rings is 1. The van der Waals surface area contributed by atoms with E-state index in [1.165, 1.54) is 5.56 Å². The van der Waals surface area contributed by atoms with Gasteiger partial charge in [-0.15, -0.1) is 0 Å². The Kier molecular flexibility index (Phi) is 6.96. The van der Waals surface area contributed by atoms with Crippen LogP contribution in [-0.4, -0.2) is 56.1 Å². The number of carbonyl (C=O) groups excluding carboxylic acids is 2. The summed E-state index contributed by atoms with van der Waals surface area (Å²) in [6, 6.07) is 17.2. The molecule has 3 rings (SSSR count). The van der Waals surface area contributed by atoms with Gasteiger partial charge in [0.05, 0.1) is 19.8 Å². The molecular weight excluding hydrogens is 342 g/mol. The first kappa shape index (κ1) is 19.1. The van der Waals surface area contributed by atoms with Gasteiger partial charge < -0.3 is 20.3 Å². The van der Waals surface area contributed by atoms with Crippen molar-refractivity contribution in [2.45, 2.75) is 6.42 Å². The summed E-state index contributed by atoms with van der Waals surface area (Å²) in [4.78, 5) is 26.4. The molecule has 0 aliphatic carbocycles. The first-order valence-corrected chi connectivity index (χ1v) is 9.24. The number of rotatable bonds is 7. The Balaban J connectivity index is 1.45. The lowest BCUT2D eigenvalue weighted by Gasteiger charge is -2.27. The van der Waals surface area contributed by atoms with E-state index in [1.54, 1.807) is 29.2 Å². The van der Waals surface area contributed by atoms with Gasteiger partial charge in [0.15, 0.2) is 0 Å². The van der Waals surface area contributed by atoms with Crippen LogP contribution in [0.15, 0.2) is 54.6 Å². The smallest absolute Gasteiger partial charge is 0.254 e. The molecule has 0 atom stereocenters. The Morgan fingerprint density at radius 2 is 1.78 bits per heavy atom. The molecule has 0 radical (unpaired) electrons. The van der Waals surface area contributed by atoms with Gasteiger partial charge in [-0.25, -0.2) is 0 Å². The third-order valence-electron chi connectivity index (χ3n) is 4.41. The van der Waals surface area contributed by atoms with Gasteiger partial charge in [-0.2, -0.15) is 0 Å². The standard InChI is InChI=1S/C21H25N3O3/c25-20(16-22-10-9-17-5-2-1-3-6-17)23-19-8-4-7-18(15-19)21(26)24-11-13-27-14-12-24/h1-8,15,22H,9-14,16H2,(H,23,25). The van der Waals surface area contributed by atoms with Crippen molar-refractivity contribution in [2.24, 2.45) is 0 Å². The van der Waals surface area contributed by atoms with Gasteiger partial charge in [-0.3, -0.25) is 9.59 Å². The predicted molar refractivity (Wildman–Crippen MR) is 105 cm³/mol. The third-order valence-corrected chi connectivity index (χ3v) is 4.41. The van der Waals surface area contributed by atoms with E-state index in [2.05, 4.69) is 22.8 Å². The van der Waals surface area contributed by atoms with Crippen LogP contribution in [-0.2, 0) is 16.0 Å². The lowest BCUT2D eigenvalue weighted by Crippen LogP contribution is -2.40. The molecule has 2 aromatic rings. The summed E-state index contributed by atoms with van der Waals surface area (Å²) >= 11 is 0. The first-order valence-electron chi connectivity index (χ1n) is 9.24. The van der Waals surface area contributed by atoms with E-state index in [4.69, 9.17) is 4.74 Å². The fourth-order valence-corrected chi connectivity index (χ4v) is 2.96. The van der Waals surface area contributed by atoms with Crippen molar-refractivity contribution in [3.63, 3.8) is 0 Å². The molecule has 0 spiro atoms. The Hall–Kier alpha value is -2.70. The van der Waals surface area contributed by atoms with E-state index in [9.17, 15) is 9.59 Å². The normalized spacial score (nSPS) is 14.0. The Morgan fingerprint density at radius 3 is 2.56 bits per heavy atom. The summed E-state index contributed by atoms with van der Waals surface area (Å²) < 4.78 is 5.28. The maximum absolute atomic E-state index is 12.5. The van der Waals surface area contributed by atoms with Crippen molar-refractivity contribution in [2.75, 3.05) is 44.7 Å². The zero-order valence-corrected chi connectivity index (χ0v) is 15.3. The van der Waals surface area contributed by atoms with E-state index in [1.807, 2.05) is 18.2 Å². The molecule has 6 heteroatoms. The fraction of sp³-hybridized carbons (Fsp3) is 0.333. The maximum atomic E-state index is 12.5. The number of hydrogen-bond acceptors (Lipinski definition) is 4. The van der Waals surface area contributed by atoms with Crippen LogP contribution in [0.4, 0.5) is 5.69 Å². The highest BCUT2D eigenvalue weighted by molar-refractivity contribution is 5.97. The number of anilines is 1. The van der Waals surface area contributed by atoms with Crippen molar-refractivity contribution >= 4 is 17.5 Å². The molecule has 1 heterocycles. The van der Waals surface area contributed by atoms with Crippen molar-refractivity contribution in [3.8, 4) is 0 Å². The van der Waals surface area contributed by atoms with E-state index in [0.717, 1.165) is 13.0 Å². The number of ether oxygens (including phenoxy) is 1. The van der Waals surface area contributed by atoms with Crippen LogP contribution in [0, 0.1) is 0 Å². The van der Waals surface area contributed by atoms with Crippen LogP contribution in [0.25, 0.3) is 0 Å². The highest BCUT2D eigenvalue weighted by atomic mass is 16.5. The van der Waals surface area contributed by atoms with Crippen LogP contribution in [0.1, 0.15) is 15.9 Å². The van der Waals surface area contributed by atoms with E-state index in [0.29, 0.717) is 37.6 Å². The van der Waals surface area contributed by atoms with Gasteiger partial charge in [0.25, 0.3) is 5.91 Å². The van der Waals surface area contributed by atoms with Gasteiger partial charge in [0, 0.05) is 24.3 Å². The molecule has 1 fully saturated rings. The average molecular weight is 367 g/mol. The Morgan fingerprint density at radius 1 is 1.00 bits per heavy atom. The number of nitrogens with one attached hydrogen (secondary N) is 2. The zero-order valence-electron chi connectivity index (χ0n) is 15.3. The first-order chi connectivity index (χ1) is 13.2. The van der Waals surface area contributed by atoms with Crippen LogP contribution >= 0.6 is 0 Å². The number of hydrogen-bond donors (Lipinski definition) is 2. The summed E-state index contributed by atoms with van der Waals surface area (Å²) in [5.74, 6) is -0.158. The van der Waals surface area contributed by atoms with Crippen molar-refractivity contribution in [1.29, 1.82) is 0 Å². The maximum Gasteiger partial charge on any atom is 0.254 e. The Labute approximate surface area is 159 Å². The highest BCUT2D eigenvalue weighted by Crippen LogP contribution is 2.13. The summed E-state index contributed by atoms with van der Waals surface area (Å²) in [6.45, 7) is 3.29. The van der Waals surface area contributed by atoms with Crippen molar-refractivity contribution in [3.05, 3.63) is 65.7 Å². The molecule has 1 saturated heterocycles. The molecule has 2 amide bonds. The van der Waals surface area contributed by atoms with Gasteiger partial charge in [0.1, 0.15) is 0 Å². The summed E-state index contributed by atoms with van der Waals surface area (Å²) in [7, 11) is 0. The van der Waals surface area contributed by atoms with E-state index >= 15 is 0 Å². The second-order valence-corrected chi connectivity index (χ2v) is 6.45. The topological polar surface area (TPSA) is 70.7 Å². The predicted octanol–water partition coefficient (Wildman–Crippen LogP) is 1.93. The van der Waals surface area contributed by atoms with Crippen LogP contribution in [0.3, 0.4) is 0 Å². The minimum Gasteiger partial charge on any atom is -0.378 e. The lowest BCUT2D eigenvalue weighted by molar-refractivity contribution is -0.115. The second-order valence-electron chi connectivity index (χ2n) is 6.45. The van der Waals surface area contributed by atoms with Crippen LogP contribution in [0.5, 0.6) is 0 Å². The number of benzene rings is 2. The SMILES string of the molecule is O=C(CNCCc1ccccc1)Nc1cccc(C(=O)N2CCOCC2)c1. The molecule has 6 nitrogen and oxygen atoms in total. The minimum absolute atomic E-state index is 0.0321. The molecule has 0 unspecified atom stereocenters. The van der Waals surface area contributed by atoms with Crippen molar-refractivity contribution in [1.82, 2.24) is 10.2 Å². The molecule has 0 saturated carbocycles.